The molecule has 0 aromatic heterocycles. The Morgan fingerprint density at radius 1 is 0.929 bits per heavy atom. The van der Waals surface area contributed by atoms with Crippen LogP contribution < -0.4 is 0 Å². The average molecular weight is 270 g/mol. The van der Waals surface area contributed by atoms with E-state index in [9.17, 15) is 0 Å². The number of rotatable bonds is 5. The minimum atomic E-state index is -1.99. The van der Waals surface area contributed by atoms with Crippen LogP contribution in [0.5, 0.6) is 0 Å². The van der Waals surface area contributed by atoms with Crippen molar-refractivity contribution >= 4 is 34.9 Å². The zero-order valence-electron chi connectivity index (χ0n) is 10.4. The molecule has 0 fully saturated rings. The van der Waals surface area contributed by atoms with Crippen LogP contribution in [0, 0.1) is 0 Å². The summed E-state index contributed by atoms with van der Waals surface area (Å²) in [6.07, 6.45) is 0.844. The summed E-state index contributed by atoms with van der Waals surface area (Å²) >= 11 is 5.54. The van der Waals surface area contributed by atoms with Crippen molar-refractivity contribution in [2.75, 3.05) is 6.16 Å². The van der Waals surface area contributed by atoms with Crippen LogP contribution in [0.2, 0.25) is 39.3 Å². The Labute approximate surface area is 95.8 Å². The van der Waals surface area contributed by atoms with E-state index in [0.29, 0.717) is 0 Å². The number of hydrogen-bond donors (Lipinski definition) is 0. The van der Waals surface area contributed by atoms with Crippen LogP contribution in [0.15, 0.2) is 0 Å². The lowest BCUT2D eigenvalue weighted by Gasteiger charge is -2.33. The van der Waals surface area contributed by atoms with Crippen molar-refractivity contribution in [3.05, 3.63) is 0 Å². The van der Waals surface area contributed by atoms with Crippen molar-refractivity contribution in [1.82, 2.24) is 0 Å². The third-order valence-electron chi connectivity index (χ3n) is 1.21. The molecule has 0 unspecified atom stereocenters. The molecule has 0 bridgehead atoms. The summed E-state index contributed by atoms with van der Waals surface area (Å²) in [4.78, 5) is 0. The van der Waals surface area contributed by atoms with Crippen LogP contribution in [-0.4, -0.2) is 22.8 Å². The third kappa shape index (κ3) is 7.32. The van der Waals surface area contributed by atoms with Crippen LogP contribution >= 0.6 is 6.49 Å². The van der Waals surface area contributed by atoms with Gasteiger partial charge in [0.15, 0.2) is 23.1 Å². The summed E-state index contributed by atoms with van der Waals surface area (Å²) in [6, 6.07) is 0. The highest BCUT2D eigenvalue weighted by Crippen LogP contribution is 2.52. The molecule has 14 heavy (non-hydrogen) atoms. The molecule has 0 aliphatic carbocycles. The SMILES string of the molecule is CCP(=S)(O[Si](C)(C)C)O[Si](C)(C)C. The zero-order chi connectivity index (χ0) is 11.6. The average Bonchev–Trinajstić information content (AvgIpc) is 1.78. The Bertz CT molecular complexity index is 212. The van der Waals surface area contributed by atoms with Gasteiger partial charge in [-0.05, 0) is 51.1 Å². The summed E-state index contributed by atoms with van der Waals surface area (Å²) in [5.41, 5.74) is 0. The monoisotopic (exact) mass is 270 g/mol. The van der Waals surface area contributed by atoms with E-state index in [4.69, 9.17) is 20.2 Å². The molecule has 0 heterocycles. The van der Waals surface area contributed by atoms with Gasteiger partial charge in [-0.3, -0.25) is 0 Å². The van der Waals surface area contributed by atoms with E-state index in [1.54, 1.807) is 0 Å². The van der Waals surface area contributed by atoms with Crippen LogP contribution in [-0.2, 0) is 20.2 Å². The Morgan fingerprint density at radius 2 is 1.21 bits per heavy atom. The first-order valence-electron chi connectivity index (χ1n) is 4.98. The van der Waals surface area contributed by atoms with Gasteiger partial charge in [-0.1, -0.05) is 6.92 Å². The van der Waals surface area contributed by atoms with Crippen molar-refractivity contribution in [3.63, 3.8) is 0 Å². The molecule has 0 saturated heterocycles. The molecule has 2 nitrogen and oxygen atoms in total. The van der Waals surface area contributed by atoms with E-state index in [1.807, 2.05) is 0 Å². The van der Waals surface area contributed by atoms with Gasteiger partial charge in [0, 0.05) is 6.16 Å². The minimum Gasteiger partial charge on any atom is -0.372 e. The summed E-state index contributed by atoms with van der Waals surface area (Å²) in [7, 11) is -3.14. The molecule has 86 valence electrons. The molecular weight excluding hydrogens is 247 g/mol. The molecule has 0 amide bonds. The van der Waals surface area contributed by atoms with Crippen LogP contribution in [0.25, 0.3) is 0 Å². The standard InChI is InChI=1S/C8H23O2PSSi2/c1-8-11(12,9-13(2,3)4)10-14(5,6)7/h8H2,1-7H3. The van der Waals surface area contributed by atoms with Gasteiger partial charge in [-0.15, -0.1) is 0 Å². The normalized spacial score (nSPS) is 14.5. The highest BCUT2D eigenvalue weighted by atomic mass is 32.5. The van der Waals surface area contributed by atoms with Gasteiger partial charge in [0.1, 0.15) is 0 Å². The number of hydrogen-bond acceptors (Lipinski definition) is 3. The molecule has 0 spiro atoms. The highest BCUT2D eigenvalue weighted by molar-refractivity contribution is 8.10. The van der Waals surface area contributed by atoms with Gasteiger partial charge in [-0.25, -0.2) is 0 Å². The molecule has 0 radical (unpaired) electrons. The predicted octanol–water partition coefficient (Wildman–Crippen LogP) is 4.02. The van der Waals surface area contributed by atoms with Crippen molar-refractivity contribution in [2.45, 2.75) is 46.2 Å². The third-order valence-corrected chi connectivity index (χ3v) is 10.7. The molecular formula is C8H23O2PSSi2. The Balaban J connectivity index is 4.59. The molecule has 0 saturated carbocycles. The van der Waals surface area contributed by atoms with Crippen LogP contribution in [0.1, 0.15) is 6.92 Å². The highest BCUT2D eigenvalue weighted by Gasteiger charge is 2.31. The molecule has 0 aliphatic heterocycles. The van der Waals surface area contributed by atoms with E-state index >= 15 is 0 Å². The van der Waals surface area contributed by atoms with Crippen LogP contribution in [0.4, 0.5) is 0 Å². The zero-order valence-corrected chi connectivity index (χ0v) is 14.1. The predicted molar refractivity (Wildman–Crippen MR) is 73.7 cm³/mol. The van der Waals surface area contributed by atoms with Crippen molar-refractivity contribution in [3.8, 4) is 0 Å². The quantitative estimate of drug-likeness (QED) is 0.555. The van der Waals surface area contributed by atoms with Gasteiger partial charge >= 0.3 is 0 Å². The molecule has 0 aliphatic rings. The second-order valence-electron chi connectivity index (χ2n) is 5.33. The molecule has 0 atom stereocenters. The maximum Gasteiger partial charge on any atom is 0.192 e. The fourth-order valence-corrected chi connectivity index (χ4v) is 13.2. The summed E-state index contributed by atoms with van der Waals surface area (Å²) in [5.74, 6) is 0. The Morgan fingerprint density at radius 3 is 1.36 bits per heavy atom. The van der Waals surface area contributed by atoms with Gasteiger partial charge in [0.2, 0.25) is 0 Å². The Hall–Kier alpha value is 1.00. The maximum atomic E-state index is 6.03. The maximum absolute atomic E-state index is 6.03. The van der Waals surface area contributed by atoms with Crippen molar-refractivity contribution in [2.24, 2.45) is 0 Å². The van der Waals surface area contributed by atoms with Gasteiger partial charge in [0.05, 0.1) is 0 Å². The van der Waals surface area contributed by atoms with E-state index in [1.165, 1.54) is 0 Å². The smallest absolute Gasteiger partial charge is 0.192 e. The van der Waals surface area contributed by atoms with E-state index in [0.717, 1.165) is 6.16 Å². The minimum absolute atomic E-state index is 0.844. The second-order valence-corrected chi connectivity index (χ2v) is 18.8. The van der Waals surface area contributed by atoms with E-state index < -0.39 is 23.1 Å². The first-order valence-corrected chi connectivity index (χ1v) is 14.6. The molecule has 0 rings (SSSR count). The molecule has 0 N–H and O–H groups in total. The first kappa shape index (κ1) is 15.0. The summed E-state index contributed by atoms with van der Waals surface area (Å²) < 4.78 is 12.1. The first-order chi connectivity index (χ1) is 5.97. The van der Waals surface area contributed by atoms with Crippen molar-refractivity contribution < 1.29 is 8.43 Å². The van der Waals surface area contributed by atoms with E-state index in [-0.39, 0.29) is 0 Å². The van der Waals surface area contributed by atoms with Gasteiger partial charge < -0.3 is 8.43 Å². The molecule has 6 heteroatoms. The lowest BCUT2D eigenvalue weighted by molar-refractivity contribution is 0.486. The largest absolute Gasteiger partial charge is 0.372 e. The fraction of sp³-hybridized carbons (Fsp3) is 1.00. The summed E-state index contributed by atoms with van der Waals surface area (Å²) in [5, 5.41) is 0. The van der Waals surface area contributed by atoms with Gasteiger partial charge in [-0.2, -0.15) is 0 Å². The lowest BCUT2D eigenvalue weighted by atomic mass is 11.0. The topological polar surface area (TPSA) is 18.5 Å². The van der Waals surface area contributed by atoms with Crippen LogP contribution in [0.3, 0.4) is 0 Å². The summed E-state index contributed by atoms with van der Waals surface area (Å²) in [6.45, 7) is 13.1. The molecule has 0 aromatic carbocycles. The van der Waals surface area contributed by atoms with E-state index in [2.05, 4.69) is 46.2 Å². The fourth-order valence-electron chi connectivity index (χ4n) is 0.982. The second kappa shape index (κ2) is 4.89. The van der Waals surface area contributed by atoms with Gasteiger partial charge in [0.25, 0.3) is 0 Å². The van der Waals surface area contributed by atoms with Crippen molar-refractivity contribution in [1.29, 1.82) is 0 Å². The lowest BCUT2D eigenvalue weighted by Crippen LogP contribution is -2.30. The Kier molecular flexibility index (Phi) is 5.24. The molecule has 0 aromatic rings.